The van der Waals surface area contributed by atoms with E-state index in [9.17, 15) is 0 Å². The zero-order valence-corrected chi connectivity index (χ0v) is 18.8. The van der Waals surface area contributed by atoms with E-state index in [2.05, 4.69) is 75.4 Å². The predicted molar refractivity (Wildman–Crippen MR) is 129 cm³/mol. The van der Waals surface area contributed by atoms with Crippen molar-refractivity contribution in [3.8, 4) is 0 Å². The molecule has 0 radical (unpaired) electrons. The summed E-state index contributed by atoms with van der Waals surface area (Å²) in [5.41, 5.74) is 4.62. The standard InChI is InChI=1S/C24H28N6S/c1-3-25-24(26-13-12-23-27-14-18(2)31-23)28-15-19-8-10-20(11-9-19)16-30-17-29-21-6-4-5-7-22(21)30/h4-11,14,17H,3,12-13,15-16H2,1-2H3,(H2,25,26,28). The van der Waals surface area contributed by atoms with Crippen LogP contribution in [0.2, 0.25) is 0 Å². The van der Waals surface area contributed by atoms with E-state index >= 15 is 0 Å². The molecular weight excluding hydrogens is 404 g/mol. The summed E-state index contributed by atoms with van der Waals surface area (Å²) >= 11 is 1.75. The Morgan fingerprint density at radius 1 is 1.03 bits per heavy atom. The number of para-hydroxylation sites is 2. The fourth-order valence-corrected chi connectivity index (χ4v) is 4.19. The van der Waals surface area contributed by atoms with E-state index < -0.39 is 0 Å². The van der Waals surface area contributed by atoms with Crippen molar-refractivity contribution in [3.63, 3.8) is 0 Å². The fraction of sp³-hybridized carbons (Fsp3) is 0.292. The highest BCUT2D eigenvalue weighted by Crippen LogP contribution is 2.15. The molecule has 0 aliphatic heterocycles. The molecule has 7 heteroatoms. The largest absolute Gasteiger partial charge is 0.357 e. The monoisotopic (exact) mass is 432 g/mol. The SMILES string of the molecule is CCNC(=NCc1ccc(Cn2cnc3ccccc32)cc1)NCCc1ncc(C)s1. The molecule has 2 heterocycles. The number of hydrogen-bond acceptors (Lipinski definition) is 4. The van der Waals surface area contributed by atoms with Crippen molar-refractivity contribution in [1.82, 2.24) is 25.2 Å². The lowest BCUT2D eigenvalue weighted by Gasteiger charge is -2.11. The molecule has 31 heavy (non-hydrogen) atoms. The van der Waals surface area contributed by atoms with E-state index in [0.29, 0.717) is 6.54 Å². The number of aromatic nitrogens is 3. The minimum Gasteiger partial charge on any atom is -0.357 e. The quantitative estimate of drug-likeness (QED) is 0.324. The molecule has 0 saturated heterocycles. The van der Waals surface area contributed by atoms with Gasteiger partial charge in [0.2, 0.25) is 0 Å². The maximum atomic E-state index is 4.73. The molecule has 4 rings (SSSR count). The van der Waals surface area contributed by atoms with Gasteiger partial charge in [-0.25, -0.2) is 15.0 Å². The van der Waals surface area contributed by atoms with Gasteiger partial charge in [0, 0.05) is 37.1 Å². The average molecular weight is 433 g/mol. The van der Waals surface area contributed by atoms with Gasteiger partial charge in [-0.3, -0.25) is 0 Å². The van der Waals surface area contributed by atoms with Gasteiger partial charge in [0.1, 0.15) is 0 Å². The molecular formula is C24H28N6S. The Balaban J connectivity index is 1.33. The van der Waals surface area contributed by atoms with Crippen molar-refractivity contribution in [2.45, 2.75) is 33.4 Å². The van der Waals surface area contributed by atoms with Crippen LogP contribution in [0.25, 0.3) is 11.0 Å². The number of thiazole rings is 1. The number of nitrogens with zero attached hydrogens (tertiary/aromatic N) is 4. The first-order valence-corrected chi connectivity index (χ1v) is 11.4. The highest BCUT2D eigenvalue weighted by atomic mass is 32.1. The Bertz CT molecular complexity index is 1140. The lowest BCUT2D eigenvalue weighted by Crippen LogP contribution is -2.38. The minimum atomic E-state index is 0.639. The number of imidazole rings is 1. The van der Waals surface area contributed by atoms with Crippen molar-refractivity contribution >= 4 is 28.3 Å². The van der Waals surface area contributed by atoms with Crippen molar-refractivity contribution in [2.75, 3.05) is 13.1 Å². The lowest BCUT2D eigenvalue weighted by molar-refractivity contribution is 0.796. The minimum absolute atomic E-state index is 0.639. The van der Waals surface area contributed by atoms with Gasteiger partial charge < -0.3 is 15.2 Å². The first kappa shape index (κ1) is 21.1. The lowest BCUT2D eigenvalue weighted by atomic mass is 10.1. The molecule has 0 saturated carbocycles. The molecule has 0 aliphatic rings. The van der Waals surface area contributed by atoms with Gasteiger partial charge in [-0.1, -0.05) is 36.4 Å². The van der Waals surface area contributed by atoms with Crippen LogP contribution in [0, 0.1) is 6.92 Å². The molecule has 0 fully saturated rings. The summed E-state index contributed by atoms with van der Waals surface area (Å²) in [6.45, 7) is 7.26. The first-order chi connectivity index (χ1) is 15.2. The fourth-order valence-electron chi connectivity index (χ4n) is 3.40. The topological polar surface area (TPSA) is 67.1 Å². The zero-order valence-electron chi connectivity index (χ0n) is 18.0. The van der Waals surface area contributed by atoms with Gasteiger partial charge in [0.15, 0.2) is 5.96 Å². The molecule has 0 atom stereocenters. The van der Waals surface area contributed by atoms with Crippen LogP contribution in [0.3, 0.4) is 0 Å². The van der Waals surface area contributed by atoms with E-state index in [1.165, 1.54) is 16.0 Å². The Morgan fingerprint density at radius 2 is 1.84 bits per heavy atom. The molecule has 160 valence electrons. The Morgan fingerprint density at radius 3 is 2.61 bits per heavy atom. The van der Waals surface area contributed by atoms with E-state index in [4.69, 9.17) is 4.99 Å². The summed E-state index contributed by atoms with van der Waals surface area (Å²) in [4.78, 5) is 14.9. The second-order valence-electron chi connectivity index (χ2n) is 7.41. The maximum Gasteiger partial charge on any atom is 0.191 e. The molecule has 0 unspecified atom stereocenters. The molecule has 0 spiro atoms. The number of benzene rings is 2. The number of rotatable bonds is 8. The number of hydrogen-bond donors (Lipinski definition) is 2. The number of guanidine groups is 1. The van der Waals surface area contributed by atoms with Gasteiger partial charge in [0.25, 0.3) is 0 Å². The molecule has 0 aliphatic carbocycles. The zero-order chi connectivity index (χ0) is 21.5. The van der Waals surface area contributed by atoms with Gasteiger partial charge in [-0.05, 0) is 37.1 Å². The predicted octanol–water partition coefficient (Wildman–Crippen LogP) is 4.15. The van der Waals surface area contributed by atoms with E-state index in [-0.39, 0.29) is 0 Å². The molecule has 0 bridgehead atoms. The van der Waals surface area contributed by atoms with Crippen molar-refractivity contribution < 1.29 is 0 Å². The van der Waals surface area contributed by atoms with E-state index in [1.807, 2.05) is 24.7 Å². The smallest absolute Gasteiger partial charge is 0.191 e. The van der Waals surface area contributed by atoms with Crippen LogP contribution >= 0.6 is 11.3 Å². The van der Waals surface area contributed by atoms with Crippen LogP contribution in [0.4, 0.5) is 0 Å². The number of aryl methyl sites for hydroxylation is 1. The van der Waals surface area contributed by atoms with Crippen LogP contribution in [0.1, 0.15) is 27.9 Å². The van der Waals surface area contributed by atoms with Crippen LogP contribution in [-0.2, 0) is 19.5 Å². The first-order valence-electron chi connectivity index (χ1n) is 10.6. The molecule has 2 aromatic carbocycles. The Labute approximate surface area is 187 Å². The van der Waals surface area contributed by atoms with Gasteiger partial charge in [0.05, 0.1) is 28.9 Å². The van der Waals surface area contributed by atoms with Gasteiger partial charge in [-0.15, -0.1) is 11.3 Å². The van der Waals surface area contributed by atoms with Crippen LogP contribution < -0.4 is 10.6 Å². The van der Waals surface area contributed by atoms with Crippen LogP contribution in [-0.4, -0.2) is 33.6 Å². The summed E-state index contributed by atoms with van der Waals surface area (Å²) in [6, 6.07) is 16.9. The highest BCUT2D eigenvalue weighted by molar-refractivity contribution is 7.11. The molecule has 2 N–H and O–H groups in total. The third-order valence-corrected chi connectivity index (χ3v) is 5.94. The maximum absolute atomic E-state index is 4.73. The van der Waals surface area contributed by atoms with Crippen LogP contribution in [0.15, 0.2) is 66.0 Å². The summed E-state index contributed by atoms with van der Waals surface area (Å²) in [6.07, 6.45) is 4.74. The molecule has 0 amide bonds. The van der Waals surface area contributed by atoms with E-state index in [1.54, 1.807) is 11.3 Å². The molecule has 6 nitrogen and oxygen atoms in total. The Hall–Kier alpha value is -3.19. The summed E-state index contributed by atoms with van der Waals surface area (Å²) < 4.78 is 2.18. The second-order valence-corrected chi connectivity index (χ2v) is 8.73. The number of nitrogens with one attached hydrogen (secondary N) is 2. The summed E-state index contributed by atoms with van der Waals surface area (Å²) in [5.74, 6) is 0.838. The highest BCUT2D eigenvalue weighted by Gasteiger charge is 2.04. The number of aliphatic imine (C=N–C) groups is 1. The Kier molecular flexibility index (Phi) is 6.94. The van der Waals surface area contributed by atoms with Gasteiger partial charge in [-0.2, -0.15) is 0 Å². The molecule has 4 aromatic rings. The molecule has 2 aromatic heterocycles. The van der Waals surface area contributed by atoms with Crippen LogP contribution in [0.5, 0.6) is 0 Å². The summed E-state index contributed by atoms with van der Waals surface area (Å²) in [7, 11) is 0. The third kappa shape index (κ3) is 5.70. The van der Waals surface area contributed by atoms with Crippen molar-refractivity contribution in [2.24, 2.45) is 4.99 Å². The van der Waals surface area contributed by atoms with Crippen molar-refractivity contribution in [1.29, 1.82) is 0 Å². The normalized spacial score (nSPS) is 11.7. The van der Waals surface area contributed by atoms with Gasteiger partial charge >= 0.3 is 0 Å². The average Bonchev–Trinajstić information content (AvgIpc) is 3.39. The summed E-state index contributed by atoms with van der Waals surface area (Å²) in [5, 5.41) is 7.87. The van der Waals surface area contributed by atoms with Crippen molar-refractivity contribution in [3.05, 3.63) is 82.1 Å². The number of fused-ring (bicyclic) bond motifs is 1. The second kappa shape index (κ2) is 10.2. The van der Waals surface area contributed by atoms with E-state index in [0.717, 1.165) is 48.1 Å². The third-order valence-electron chi connectivity index (χ3n) is 4.97.